The van der Waals surface area contributed by atoms with Gasteiger partial charge in [-0.2, -0.15) is 0 Å². The zero-order valence-corrected chi connectivity index (χ0v) is 9.81. The average molecular weight is 221 g/mol. The van der Waals surface area contributed by atoms with Crippen molar-refractivity contribution in [1.29, 1.82) is 0 Å². The van der Waals surface area contributed by atoms with E-state index in [4.69, 9.17) is 5.73 Å². The largest absolute Gasteiger partial charge is 0.370 e. The monoisotopic (exact) mass is 221 g/mol. The van der Waals surface area contributed by atoms with Crippen molar-refractivity contribution in [2.24, 2.45) is 5.73 Å². The van der Waals surface area contributed by atoms with E-state index in [9.17, 15) is 4.79 Å². The summed E-state index contributed by atoms with van der Waals surface area (Å²) in [6, 6.07) is 9.45. The van der Waals surface area contributed by atoms with Gasteiger partial charge in [-0.05, 0) is 19.1 Å². The number of nitrogens with two attached hydrogens (primary N) is 1. The molecule has 1 rings (SSSR count). The third kappa shape index (κ3) is 3.24. The Bertz CT molecular complexity index is 326. The maximum atomic E-state index is 11.3. The summed E-state index contributed by atoms with van der Waals surface area (Å²) in [5, 5.41) is 2.56. The van der Waals surface area contributed by atoms with Crippen molar-refractivity contribution in [1.82, 2.24) is 5.32 Å². The fourth-order valence-corrected chi connectivity index (χ4v) is 1.56. The third-order valence-corrected chi connectivity index (χ3v) is 2.50. The van der Waals surface area contributed by atoms with Gasteiger partial charge in [-0.25, -0.2) is 0 Å². The van der Waals surface area contributed by atoms with Crippen LogP contribution in [0.4, 0.5) is 5.69 Å². The third-order valence-electron chi connectivity index (χ3n) is 2.50. The van der Waals surface area contributed by atoms with Crippen LogP contribution in [0.1, 0.15) is 6.92 Å². The number of hydrogen-bond acceptors (Lipinski definition) is 3. The van der Waals surface area contributed by atoms with E-state index in [2.05, 4.69) is 10.2 Å². The van der Waals surface area contributed by atoms with E-state index in [1.807, 2.05) is 37.3 Å². The molecule has 0 unspecified atom stereocenters. The van der Waals surface area contributed by atoms with Crippen LogP contribution in [0, 0.1) is 0 Å². The molecule has 0 radical (unpaired) electrons. The molecule has 0 spiro atoms. The predicted octanol–water partition coefficient (Wildman–Crippen LogP) is 0.586. The number of nitrogens with zero attached hydrogens (tertiary/aromatic N) is 1. The number of likely N-dealkylation sites (N-methyl/N-ethyl adjacent to an activating group) is 2. The number of benzene rings is 1. The maximum Gasteiger partial charge on any atom is 0.238 e. The molecule has 3 N–H and O–H groups in total. The highest BCUT2D eigenvalue weighted by atomic mass is 16.2. The summed E-state index contributed by atoms with van der Waals surface area (Å²) >= 11 is 0. The Morgan fingerprint density at radius 3 is 2.56 bits per heavy atom. The lowest BCUT2D eigenvalue weighted by Crippen LogP contribution is -2.47. The minimum Gasteiger partial charge on any atom is -0.370 e. The molecule has 1 aromatic rings. The van der Waals surface area contributed by atoms with Crippen molar-refractivity contribution in [2.75, 3.05) is 25.0 Å². The van der Waals surface area contributed by atoms with E-state index in [0.29, 0.717) is 6.54 Å². The molecule has 1 amide bonds. The SMILES string of the molecule is CCN(C[C@@H](N)C(=O)NC)c1ccccc1. The van der Waals surface area contributed by atoms with E-state index in [0.717, 1.165) is 12.2 Å². The van der Waals surface area contributed by atoms with Crippen molar-refractivity contribution in [3.05, 3.63) is 30.3 Å². The standard InChI is InChI=1S/C12H19N3O/c1-3-15(9-11(13)12(16)14-2)10-7-5-4-6-8-10/h4-8,11H,3,9,13H2,1-2H3,(H,14,16)/t11-/m1/s1. The van der Waals surface area contributed by atoms with Gasteiger partial charge in [0.1, 0.15) is 6.04 Å². The summed E-state index contributed by atoms with van der Waals surface area (Å²) in [4.78, 5) is 13.4. The van der Waals surface area contributed by atoms with Gasteiger partial charge in [-0.3, -0.25) is 4.79 Å². The zero-order chi connectivity index (χ0) is 12.0. The number of para-hydroxylation sites is 1. The van der Waals surface area contributed by atoms with Crippen LogP contribution >= 0.6 is 0 Å². The van der Waals surface area contributed by atoms with Gasteiger partial charge in [0.25, 0.3) is 0 Å². The maximum absolute atomic E-state index is 11.3. The van der Waals surface area contributed by atoms with Crippen LogP contribution in [-0.2, 0) is 4.79 Å². The highest BCUT2D eigenvalue weighted by Crippen LogP contribution is 2.12. The second-order valence-corrected chi connectivity index (χ2v) is 3.59. The van der Waals surface area contributed by atoms with Gasteiger partial charge in [0.2, 0.25) is 5.91 Å². The Morgan fingerprint density at radius 1 is 1.44 bits per heavy atom. The number of carbonyl (C=O) groups is 1. The molecular weight excluding hydrogens is 202 g/mol. The van der Waals surface area contributed by atoms with Crippen molar-refractivity contribution in [3.8, 4) is 0 Å². The smallest absolute Gasteiger partial charge is 0.238 e. The van der Waals surface area contributed by atoms with E-state index < -0.39 is 6.04 Å². The molecular formula is C12H19N3O. The molecule has 0 aromatic heterocycles. The summed E-state index contributed by atoms with van der Waals surface area (Å²) in [6.45, 7) is 3.40. The summed E-state index contributed by atoms with van der Waals surface area (Å²) in [5.74, 6) is -0.130. The van der Waals surface area contributed by atoms with E-state index in [1.54, 1.807) is 7.05 Å². The van der Waals surface area contributed by atoms with Crippen LogP contribution in [0.25, 0.3) is 0 Å². The van der Waals surface area contributed by atoms with Crippen LogP contribution in [0.5, 0.6) is 0 Å². The van der Waals surface area contributed by atoms with Crippen molar-refractivity contribution in [2.45, 2.75) is 13.0 Å². The first-order valence-electron chi connectivity index (χ1n) is 5.46. The fourth-order valence-electron chi connectivity index (χ4n) is 1.56. The van der Waals surface area contributed by atoms with Crippen LogP contribution in [0.3, 0.4) is 0 Å². The lowest BCUT2D eigenvalue weighted by molar-refractivity contribution is -0.121. The number of nitrogens with one attached hydrogen (secondary N) is 1. The van der Waals surface area contributed by atoms with E-state index >= 15 is 0 Å². The van der Waals surface area contributed by atoms with Gasteiger partial charge >= 0.3 is 0 Å². The average Bonchev–Trinajstić information content (AvgIpc) is 2.35. The second kappa shape index (κ2) is 6.12. The van der Waals surface area contributed by atoms with Gasteiger partial charge in [-0.1, -0.05) is 18.2 Å². The molecule has 88 valence electrons. The zero-order valence-electron chi connectivity index (χ0n) is 9.81. The van der Waals surface area contributed by atoms with Crippen molar-refractivity contribution in [3.63, 3.8) is 0 Å². The highest BCUT2D eigenvalue weighted by Gasteiger charge is 2.15. The molecule has 0 saturated heterocycles. The van der Waals surface area contributed by atoms with E-state index in [1.165, 1.54) is 0 Å². The van der Waals surface area contributed by atoms with Gasteiger partial charge in [0.05, 0.1) is 0 Å². The predicted molar refractivity (Wildman–Crippen MR) is 66.4 cm³/mol. The van der Waals surface area contributed by atoms with Crippen LogP contribution in [0.2, 0.25) is 0 Å². The minimum absolute atomic E-state index is 0.130. The Labute approximate surface area is 96.4 Å². The fraction of sp³-hybridized carbons (Fsp3) is 0.417. The lowest BCUT2D eigenvalue weighted by Gasteiger charge is -2.25. The number of anilines is 1. The Hall–Kier alpha value is -1.55. The lowest BCUT2D eigenvalue weighted by atomic mass is 10.2. The molecule has 0 aliphatic carbocycles. The number of hydrogen-bond donors (Lipinski definition) is 2. The normalized spacial score (nSPS) is 11.9. The Balaban J connectivity index is 2.66. The molecule has 1 atom stereocenters. The Morgan fingerprint density at radius 2 is 2.06 bits per heavy atom. The van der Waals surface area contributed by atoms with Gasteiger partial charge in [0.15, 0.2) is 0 Å². The molecule has 0 aliphatic heterocycles. The van der Waals surface area contributed by atoms with Crippen molar-refractivity contribution >= 4 is 11.6 Å². The molecule has 1 aromatic carbocycles. The topological polar surface area (TPSA) is 58.4 Å². The van der Waals surface area contributed by atoms with Crippen LogP contribution in [0.15, 0.2) is 30.3 Å². The van der Waals surface area contributed by atoms with Crippen LogP contribution < -0.4 is 16.0 Å². The molecule has 0 fully saturated rings. The first kappa shape index (κ1) is 12.5. The van der Waals surface area contributed by atoms with Gasteiger partial charge < -0.3 is 16.0 Å². The van der Waals surface area contributed by atoms with Gasteiger partial charge in [0, 0.05) is 25.8 Å². The quantitative estimate of drug-likeness (QED) is 0.765. The Kier molecular flexibility index (Phi) is 4.79. The molecule has 4 heteroatoms. The number of carbonyl (C=O) groups excluding carboxylic acids is 1. The second-order valence-electron chi connectivity index (χ2n) is 3.59. The van der Waals surface area contributed by atoms with Crippen molar-refractivity contribution < 1.29 is 4.79 Å². The minimum atomic E-state index is -0.495. The molecule has 0 aliphatic rings. The molecule has 0 bridgehead atoms. The highest BCUT2D eigenvalue weighted by molar-refractivity contribution is 5.81. The summed E-state index contributed by atoms with van der Waals surface area (Å²) in [5.41, 5.74) is 6.88. The van der Waals surface area contributed by atoms with E-state index in [-0.39, 0.29) is 5.91 Å². The summed E-state index contributed by atoms with van der Waals surface area (Å²) in [7, 11) is 1.60. The number of amides is 1. The molecule has 4 nitrogen and oxygen atoms in total. The molecule has 0 heterocycles. The van der Waals surface area contributed by atoms with Crippen LogP contribution in [-0.4, -0.2) is 32.1 Å². The molecule has 16 heavy (non-hydrogen) atoms. The first-order chi connectivity index (χ1) is 7.69. The van der Waals surface area contributed by atoms with Gasteiger partial charge in [-0.15, -0.1) is 0 Å². The summed E-state index contributed by atoms with van der Waals surface area (Å²) < 4.78 is 0. The first-order valence-corrected chi connectivity index (χ1v) is 5.46. The molecule has 0 saturated carbocycles. The summed E-state index contributed by atoms with van der Waals surface area (Å²) in [6.07, 6.45) is 0. The number of rotatable bonds is 5.